The van der Waals surface area contributed by atoms with Crippen LogP contribution in [0.3, 0.4) is 0 Å². The van der Waals surface area contributed by atoms with Crippen LogP contribution in [0.5, 0.6) is 0 Å². The van der Waals surface area contributed by atoms with E-state index in [9.17, 15) is 14.9 Å². The Hall–Kier alpha value is -4.07. The maximum atomic E-state index is 13.9. The van der Waals surface area contributed by atoms with Gasteiger partial charge < -0.3 is 23.7 Å². The third-order valence-electron chi connectivity index (χ3n) is 8.87. The molecule has 4 aromatic rings. The highest BCUT2D eigenvalue weighted by molar-refractivity contribution is 6.42. The third-order valence-corrected chi connectivity index (χ3v) is 9.61. The summed E-state index contributed by atoms with van der Waals surface area (Å²) in [5.41, 5.74) is 1.96. The summed E-state index contributed by atoms with van der Waals surface area (Å²) in [4.78, 5) is 32.0. The number of nitriles is 1. The number of amides is 1. The number of fused-ring (bicyclic) bond motifs is 1. The van der Waals surface area contributed by atoms with Crippen LogP contribution in [-0.2, 0) is 9.47 Å². The summed E-state index contributed by atoms with van der Waals surface area (Å²) >= 11 is 12.7. The van der Waals surface area contributed by atoms with Crippen molar-refractivity contribution in [1.82, 2.24) is 14.7 Å². The van der Waals surface area contributed by atoms with Crippen molar-refractivity contribution in [3.05, 3.63) is 105 Å². The number of rotatable bonds is 10. The number of cyclic esters (lactones) is 2. The Morgan fingerprint density at radius 3 is 2.54 bits per heavy atom. The number of likely N-dealkylation sites (N-methyl/N-ethyl adjacent to an activating group) is 1. The van der Waals surface area contributed by atoms with Crippen molar-refractivity contribution in [2.45, 2.75) is 24.5 Å². The fourth-order valence-corrected chi connectivity index (χ4v) is 6.77. The number of hydrogen-bond donors (Lipinski definition) is 0. The van der Waals surface area contributed by atoms with Crippen molar-refractivity contribution >= 4 is 46.0 Å². The molecule has 0 radical (unpaired) electrons. The van der Waals surface area contributed by atoms with Gasteiger partial charge in [-0.2, -0.15) is 5.26 Å². The van der Waals surface area contributed by atoms with E-state index in [1.165, 1.54) is 0 Å². The van der Waals surface area contributed by atoms with Crippen molar-refractivity contribution in [2.24, 2.45) is 0 Å². The van der Waals surface area contributed by atoms with Crippen LogP contribution in [0.4, 0.5) is 4.79 Å². The molecule has 2 aliphatic rings. The minimum absolute atomic E-state index is 0.0157. The monoisotopic (exact) mass is 660 g/mol. The van der Waals surface area contributed by atoms with Crippen molar-refractivity contribution in [3.8, 4) is 6.07 Å². The SMILES string of the molecule is CN(C[C@@H](CCN1CCN([C@@H](c2ccco2)C2COC(=O)O2)CC1)c1ccc(Cl)c(Cl)c1)C(=O)c1cc(C#N)cc2ccccc12. The minimum Gasteiger partial charge on any atom is -0.468 e. The molecule has 11 heteroatoms. The lowest BCUT2D eigenvalue weighted by atomic mass is 9.94. The molecule has 0 aliphatic carbocycles. The molecule has 0 spiro atoms. The van der Waals surface area contributed by atoms with Crippen LogP contribution in [0.1, 0.15) is 45.6 Å². The summed E-state index contributed by atoms with van der Waals surface area (Å²) in [5, 5.41) is 12.2. The van der Waals surface area contributed by atoms with Crippen LogP contribution in [-0.4, -0.2) is 85.8 Å². The molecule has 0 bridgehead atoms. The van der Waals surface area contributed by atoms with Crippen LogP contribution in [0.15, 0.2) is 77.4 Å². The van der Waals surface area contributed by atoms with Crippen molar-refractivity contribution in [3.63, 3.8) is 0 Å². The van der Waals surface area contributed by atoms with Gasteiger partial charge in [0.1, 0.15) is 18.4 Å². The fourth-order valence-electron chi connectivity index (χ4n) is 6.46. The van der Waals surface area contributed by atoms with E-state index in [0.717, 1.165) is 61.2 Å². The van der Waals surface area contributed by atoms with Gasteiger partial charge in [-0.25, -0.2) is 4.79 Å². The number of hydrogen-bond acceptors (Lipinski definition) is 8. The molecule has 238 valence electrons. The Bertz CT molecular complexity index is 1750. The van der Waals surface area contributed by atoms with Gasteiger partial charge in [-0.3, -0.25) is 9.69 Å². The average molecular weight is 662 g/mol. The number of nitrogens with zero attached hydrogens (tertiary/aromatic N) is 4. The molecule has 3 heterocycles. The molecule has 2 aliphatic heterocycles. The third kappa shape index (κ3) is 7.01. The van der Waals surface area contributed by atoms with E-state index in [1.807, 2.05) is 48.5 Å². The summed E-state index contributed by atoms with van der Waals surface area (Å²) in [6.45, 7) is 4.60. The lowest BCUT2D eigenvalue weighted by Crippen LogP contribution is -2.50. The molecule has 1 aromatic heterocycles. The molecule has 3 aromatic carbocycles. The Kier molecular flexibility index (Phi) is 9.81. The molecule has 2 saturated heterocycles. The Morgan fingerprint density at radius 1 is 1.04 bits per heavy atom. The van der Waals surface area contributed by atoms with Crippen LogP contribution < -0.4 is 0 Å². The summed E-state index contributed by atoms with van der Waals surface area (Å²) in [6.07, 6.45) is 1.33. The van der Waals surface area contributed by atoms with Crippen molar-refractivity contribution in [1.29, 1.82) is 5.26 Å². The van der Waals surface area contributed by atoms with Gasteiger partial charge >= 0.3 is 6.16 Å². The lowest BCUT2D eigenvalue weighted by Gasteiger charge is -2.40. The molecular weight excluding hydrogens is 627 g/mol. The van der Waals surface area contributed by atoms with Gasteiger partial charge in [0.05, 0.1) is 27.9 Å². The second-order valence-electron chi connectivity index (χ2n) is 11.8. The molecule has 9 nitrogen and oxygen atoms in total. The van der Waals surface area contributed by atoms with Crippen molar-refractivity contribution < 1.29 is 23.5 Å². The zero-order valence-corrected chi connectivity index (χ0v) is 26.9. The first-order valence-corrected chi connectivity index (χ1v) is 16.0. The fraction of sp³-hybridized carbons (Fsp3) is 0.343. The highest BCUT2D eigenvalue weighted by Gasteiger charge is 2.40. The highest BCUT2D eigenvalue weighted by Crippen LogP contribution is 2.33. The zero-order valence-electron chi connectivity index (χ0n) is 25.4. The number of benzene rings is 3. The van der Waals surface area contributed by atoms with E-state index < -0.39 is 12.3 Å². The Balaban J connectivity index is 1.15. The summed E-state index contributed by atoms with van der Waals surface area (Å²) < 4.78 is 16.3. The topological polar surface area (TPSA) is 99.2 Å². The number of furan rings is 1. The minimum atomic E-state index is -0.650. The number of carbonyl (C=O) groups excluding carboxylic acids is 2. The van der Waals surface area contributed by atoms with E-state index in [2.05, 4.69) is 15.9 Å². The predicted molar refractivity (Wildman–Crippen MR) is 175 cm³/mol. The molecule has 0 N–H and O–H groups in total. The molecule has 1 unspecified atom stereocenters. The molecule has 0 saturated carbocycles. The first kappa shape index (κ1) is 31.9. The number of piperazine rings is 1. The van der Waals surface area contributed by atoms with Gasteiger partial charge in [0.15, 0.2) is 6.10 Å². The largest absolute Gasteiger partial charge is 0.508 e. The van der Waals surface area contributed by atoms with Crippen LogP contribution in [0.25, 0.3) is 10.8 Å². The van der Waals surface area contributed by atoms with Gasteiger partial charge in [0.25, 0.3) is 5.91 Å². The van der Waals surface area contributed by atoms with E-state index in [-0.39, 0.29) is 24.5 Å². The maximum absolute atomic E-state index is 13.9. The van der Waals surface area contributed by atoms with E-state index >= 15 is 0 Å². The van der Waals surface area contributed by atoms with E-state index in [1.54, 1.807) is 36.4 Å². The lowest BCUT2D eigenvalue weighted by molar-refractivity contribution is 0.0175. The molecule has 1 amide bonds. The second-order valence-corrected chi connectivity index (χ2v) is 12.6. The molecule has 3 atom stereocenters. The number of carbonyl (C=O) groups is 2. The average Bonchev–Trinajstić information content (AvgIpc) is 3.76. The first-order chi connectivity index (χ1) is 22.3. The summed E-state index contributed by atoms with van der Waals surface area (Å²) in [5.74, 6) is 0.586. The normalized spacial score (nSPS) is 18.5. The Morgan fingerprint density at radius 2 is 1.85 bits per heavy atom. The predicted octanol–water partition coefficient (Wildman–Crippen LogP) is 6.75. The summed E-state index contributed by atoms with van der Waals surface area (Å²) in [7, 11) is 1.80. The van der Waals surface area contributed by atoms with Crippen LogP contribution in [0, 0.1) is 11.3 Å². The smallest absolute Gasteiger partial charge is 0.468 e. The van der Waals surface area contributed by atoms with Gasteiger partial charge in [-0.1, -0.05) is 53.5 Å². The highest BCUT2D eigenvalue weighted by atomic mass is 35.5. The second kappa shape index (κ2) is 14.1. The number of ether oxygens (including phenoxy) is 2. The quantitative estimate of drug-likeness (QED) is 0.172. The zero-order chi connectivity index (χ0) is 32.2. The Labute approximate surface area is 277 Å². The maximum Gasteiger partial charge on any atom is 0.508 e. The van der Waals surface area contributed by atoms with Gasteiger partial charge in [0.2, 0.25) is 0 Å². The van der Waals surface area contributed by atoms with Crippen molar-refractivity contribution in [2.75, 3.05) is 52.9 Å². The van der Waals surface area contributed by atoms with Crippen LogP contribution >= 0.6 is 23.2 Å². The van der Waals surface area contributed by atoms with Gasteiger partial charge in [0, 0.05) is 51.3 Å². The first-order valence-electron chi connectivity index (χ1n) is 15.3. The van der Waals surface area contributed by atoms with E-state index in [0.29, 0.717) is 27.7 Å². The van der Waals surface area contributed by atoms with Gasteiger partial charge in [-0.15, -0.1) is 0 Å². The molecular formula is C35H34Cl2N4O5. The van der Waals surface area contributed by atoms with Gasteiger partial charge in [-0.05, 0) is 65.7 Å². The van der Waals surface area contributed by atoms with E-state index in [4.69, 9.17) is 37.1 Å². The number of halogens is 2. The molecule has 2 fully saturated rings. The standard InChI is InChI=1S/C35H34Cl2N4O5/c1-39(34(42)28-18-23(20-38)17-25-5-2-3-6-27(25)28)21-26(24-8-9-29(36)30(37)19-24)10-11-40-12-14-41(15-13-40)33(31-7-4-16-44-31)32-22-45-35(43)46-32/h2-9,16-19,26,32-33H,10-15,21-22H2,1H3/t26-,32?,33+/m1/s1. The summed E-state index contributed by atoms with van der Waals surface area (Å²) in [6, 6.07) is 22.4. The van der Waals surface area contributed by atoms with Crippen LogP contribution in [0.2, 0.25) is 10.0 Å². The molecule has 6 rings (SSSR count). The molecule has 46 heavy (non-hydrogen) atoms.